The van der Waals surface area contributed by atoms with Gasteiger partial charge in [0.2, 0.25) is 0 Å². The van der Waals surface area contributed by atoms with E-state index in [9.17, 15) is 9.18 Å². The molecule has 4 heteroatoms. The molecule has 2 rings (SSSR count). The fourth-order valence-electron chi connectivity index (χ4n) is 1.96. The number of H-pyrrole nitrogens is 1. The number of benzene rings is 1. The summed E-state index contributed by atoms with van der Waals surface area (Å²) in [6.45, 7) is 7.29. The first-order valence-corrected chi connectivity index (χ1v) is 6.34. The highest BCUT2D eigenvalue weighted by molar-refractivity contribution is 6.04. The highest BCUT2D eigenvalue weighted by Crippen LogP contribution is 2.24. The van der Waals surface area contributed by atoms with Gasteiger partial charge in [0.25, 0.3) is 0 Å². The third-order valence-corrected chi connectivity index (χ3v) is 2.85. The van der Waals surface area contributed by atoms with Crippen LogP contribution >= 0.6 is 0 Å². The van der Waals surface area contributed by atoms with Gasteiger partial charge in [-0.1, -0.05) is 6.92 Å². The summed E-state index contributed by atoms with van der Waals surface area (Å²) in [4.78, 5) is 15.0. The number of nitrogens with one attached hydrogen (secondary N) is 1. The Kier molecular flexibility index (Phi) is 3.35. The minimum Gasteiger partial charge on any atom is -0.456 e. The predicted octanol–water partition coefficient (Wildman–Crippen LogP) is 3.82. The summed E-state index contributed by atoms with van der Waals surface area (Å²) < 4.78 is 19.1. The van der Waals surface area contributed by atoms with Gasteiger partial charge in [-0.15, -0.1) is 0 Å². The molecule has 1 heterocycles. The zero-order chi connectivity index (χ0) is 14.2. The molecule has 0 fully saturated rings. The van der Waals surface area contributed by atoms with E-state index < -0.39 is 11.6 Å². The molecule has 3 nitrogen and oxygen atoms in total. The summed E-state index contributed by atoms with van der Waals surface area (Å²) >= 11 is 0. The number of aryl methyl sites for hydroxylation is 1. The van der Waals surface area contributed by atoms with Crippen LogP contribution in [0, 0.1) is 5.82 Å². The first-order chi connectivity index (χ1) is 8.81. The van der Waals surface area contributed by atoms with Crippen molar-refractivity contribution < 1.29 is 13.9 Å². The normalized spacial score (nSPS) is 11.8. The number of rotatable bonds is 2. The van der Waals surface area contributed by atoms with E-state index in [1.807, 2.05) is 6.92 Å². The second-order valence-corrected chi connectivity index (χ2v) is 5.55. The molecule has 0 unspecified atom stereocenters. The van der Waals surface area contributed by atoms with Gasteiger partial charge < -0.3 is 9.72 Å². The molecule has 2 aromatic rings. The van der Waals surface area contributed by atoms with Crippen molar-refractivity contribution >= 4 is 16.9 Å². The van der Waals surface area contributed by atoms with E-state index in [0.29, 0.717) is 22.9 Å². The van der Waals surface area contributed by atoms with Crippen molar-refractivity contribution in [2.45, 2.75) is 39.7 Å². The van der Waals surface area contributed by atoms with Crippen LogP contribution < -0.4 is 0 Å². The van der Waals surface area contributed by atoms with Crippen LogP contribution in [-0.2, 0) is 11.2 Å². The van der Waals surface area contributed by atoms with E-state index in [4.69, 9.17) is 4.74 Å². The summed E-state index contributed by atoms with van der Waals surface area (Å²) in [5, 5.41) is 0.559. The van der Waals surface area contributed by atoms with Crippen molar-refractivity contribution in [3.8, 4) is 0 Å². The third kappa shape index (κ3) is 2.78. The number of aromatic amines is 1. The van der Waals surface area contributed by atoms with Crippen molar-refractivity contribution in [2.24, 2.45) is 0 Å². The van der Waals surface area contributed by atoms with Crippen molar-refractivity contribution in [1.29, 1.82) is 0 Å². The Bertz CT molecular complexity index is 623. The Morgan fingerprint density at radius 2 is 2.05 bits per heavy atom. The summed E-state index contributed by atoms with van der Waals surface area (Å²) in [6.07, 6.45) is 2.18. The van der Waals surface area contributed by atoms with Crippen LogP contribution in [0.25, 0.3) is 10.9 Å². The highest BCUT2D eigenvalue weighted by Gasteiger charge is 2.21. The van der Waals surface area contributed by atoms with Crippen molar-refractivity contribution in [3.63, 3.8) is 0 Å². The van der Waals surface area contributed by atoms with E-state index in [-0.39, 0.29) is 5.82 Å². The number of aromatic nitrogens is 1. The topological polar surface area (TPSA) is 42.1 Å². The maximum absolute atomic E-state index is 13.8. The van der Waals surface area contributed by atoms with Crippen molar-refractivity contribution in [3.05, 3.63) is 35.3 Å². The van der Waals surface area contributed by atoms with Crippen LogP contribution in [0.2, 0.25) is 0 Å². The molecule has 1 aromatic heterocycles. The van der Waals surface area contributed by atoms with E-state index >= 15 is 0 Å². The van der Waals surface area contributed by atoms with Gasteiger partial charge in [0, 0.05) is 17.1 Å². The van der Waals surface area contributed by atoms with Crippen LogP contribution in [0.1, 0.15) is 43.6 Å². The van der Waals surface area contributed by atoms with Gasteiger partial charge in [-0.25, -0.2) is 9.18 Å². The Balaban J connectivity index is 2.46. The standard InChI is InChI=1S/C15H18FNO2/c1-5-9-6-13-10(7-12(9)16)11(8-17-13)14(18)19-15(2,3)4/h6-8,17H,5H2,1-4H3. The largest absolute Gasteiger partial charge is 0.456 e. The first kappa shape index (κ1) is 13.6. The number of ether oxygens (including phenoxy) is 1. The minimum absolute atomic E-state index is 0.292. The van der Waals surface area contributed by atoms with Crippen LogP contribution in [0.15, 0.2) is 18.3 Å². The zero-order valence-electron chi connectivity index (χ0n) is 11.6. The Morgan fingerprint density at radius 1 is 1.37 bits per heavy atom. The maximum Gasteiger partial charge on any atom is 0.340 e. The SMILES string of the molecule is CCc1cc2[nH]cc(C(=O)OC(C)(C)C)c2cc1F. The quantitative estimate of drug-likeness (QED) is 0.837. The van der Waals surface area contributed by atoms with Gasteiger partial charge in [0.15, 0.2) is 0 Å². The van der Waals surface area contributed by atoms with Crippen LogP contribution in [-0.4, -0.2) is 16.6 Å². The maximum atomic E-state index is 13.8. The van der Waals surface area contributed by atoms with Gasteiger partial charge in [-0.05, 0) is 44.9 Å². The number of hydrogen-bond acceptors (Lipinski definition) is 2. The lowest BCUT2D eigenvalue weighted by molar-refractivity contribution is 0.00719. The number of carbonyl (C=O) groups is 1. The second kappa shape index (κ2) is 4.68. The van der Waals surface area contributed by atoms with Crippen LogP contribution in [0.5, 0.6) is 0 Å². The molecule has 0 atom stereocenters. The molecule has 0 spiro atoms. The Hall–Kier alpha value is -1.84. The van der Waals surface area contributed by atoms with Gasteiger partial charge in [0.05, 0.1) is 5.56 Å². The molecule has 0 radical (unpaired) electrons. The average Bonchev–Trinajstić information content (AvgIpc) is 2.68. The van der Waals surface area contributed by atoms with Crippen molar-refractivity contribution in [1.82, 2.24) is 4.98 Å². The molecule has 1 aromatic carbocycles. The number of fused-ring (bicyclic) bond motifs is 1. The Morgan fingerprint density at radius 3 is 2.63 bits per heavy atom. The zero-order valence-corrected chi connectivity index (χ0v) is 11.6. The molecule has 0 saturated carbocycles. The van der Waals surface area contributed by atoms with E-state index in [0.717, 1.165) is 5.52 Å². The van der Waals surface area contributed by atoms with Gasteiger partial charge >= 0.3 is 5.97 Å². The number of halogens is 1. The first-order valence-electron chi connectivity index (χ1n) is 6.34. The van der Waals surface area contributed by atoms with Gasteiger partial charge in [-0.3, -0.25) is 0 Å². The molecule has 0 aliphatic heterocycles. The second-order valence-electron chi connectivity index (χ2n) is 5.55. The lowest BCUT2D eigenvalue weighted by Crippen LogP contribution is -2.23. The monoisotopic (exact) mass is 263 g/mol. The highest BCUT2D eigenvalue weighted by atomic mass is 19.1. The molecule has 102 valence electrons. The molecule has 0 aliphatic rings. The Labute approximate surface area is 111 Å². The number of carbonyl (C=O) groups excluding carboxylic acids is 1. The number of hydrogen-bond donors (Lipinski definition) is 1. The predicted molar refractivity (Wildman–Crippen MR) is 72.8 cm³/mol. The fourth-order valence-corrected chi connectivity index (χ4v) is 1.96. The van der Waals surface area contributed by atoms with Gasteiger partial charge in [0.1, 0.15) is 11.4 Å². The summed E-state index contributed by atoms with van der Waals surface area (Å²) in [5.41, 5.74) is 1.18. The van der Waals surface area contributed by atoms with Crippen molar-refractivity contribution in [2.75, 3.05) is 0 Å². The van der Waals surface area contributed by atoms with Crippen LogP contribution in [0.4, 0.5) is 4.39 Å². The molecular weight excluding hydrogens is 245 g/mol. The lowest BCUT2D eigenvalue weighted by atomic mass is 10.1. The lowest BCUT2D eigenvalue weighted by Gasteiger charge is -2.19. The third-order valence-electron chi connectivity index (χ3n) is 2.85. The minimum atomic E-state index is -0.567. The summed E-state index contributed by atoms with van der Waals surface area (Å²) in [7, 11) is 0. The molecule has 0 saturated heterocycles. The summed E-state index contributed by atoms with van der Waals surface area (Å²) in [5.74, 6) is -0.734. The molecule has 0 bridgehead atoms. The average molecular weight is 263 g/mol. The van der Waals surface area contributed by atoms with E-state index in [1.54, 1.807) is 33.0 Å². The molecule has 1 N–H and O–H groups in total. The van der Waals surface area contributed by atoms with Gasteiger partial charge in [-0.2, -0.15) is 0 Å². The summed E-state index contributed by atoms with van der Waals surface area (Å²) in [6, 6.07) is 3.13. The van der Waals surface area contributed by atoms with Crippen LogP contribution in [0.3, 0.4) is 0 Å². The number of esters is 1. The van der Waals surface area contributed by atoms with E-state index in [2.05, 4.69) is 4.98 Å². The van der Waals surface area contributed by atoms with E-state index in [1.165, 1.54) is 6.07 Å². The molecule has 19 heavy (non-hydrogen) atoms. The molecule has 0 amide bonds. The molecular formula is C15H18FNO2. The molecule has 0 aliphatic carbocycles. The fraction of sp³-hybridized carbons (Fsp3) is 0.400. The smallest absolute Gasteiger partial charge is 0.340 e.